The maximum atomic E-state index is 12.7. The second-order valence-electron chi connectivity index (χ2n) is 6.56. The van der Waals surface area contributed by atoms with Gasteiger partial charge in [0, 0.05) is 29.9 Å². The molecule has 0 radical (unpaired) electrons. The summed E-state index contributed by atoms with van der Waals surface area (Å²) >= 11 is 0. The minimum absolute atomic E-state index is 0.0259. The number of fused-ring (bicyclic) bond motifs is 3. The van der Waals surface area contributed by atoms with Crippen molar-refractivity contribution in [2.75, 3.05) is 5.32 Å². The van der Waals surface area contributed by atoms with E-state index in [0.29, 0.717) is 12.0 Å². The molecule has 1 aliphatic rings. The highest BCUT2D eigenvalue weighted by Crippen LogP contribution is 2.27. The average molecular weight is 330 g/mol. The van der Waals surface area contributed by atoms with Crippen LogP contribution in [-0.2, 0) is 17.6 Å². The number of imidazole rings is 1. The number of carbonyl (C=O) groups excluding carboxylic acids is 1. The molecule has 0 aliphatic heterocycles. The fourth-order valence-corrected chi connectivity index (χ4v) is 3.41. The first kappa shape index (κ1) is 15.4. The molecule has 0 bridgehead atoms. The molecule has 0 fully saturated rings. The van der Waals surface area contributed by atoms with Crippen molar-refractivity contribution in [2.24, 2.45) is 5.92 Å². The zero-order valence-corrected chi connectivity index (χ0v) is 14.0. The summed E-state index contributed by atoms with van der Waals surface area (Å²) in [5.74, 6) is -0.0403. The lowest BCUT2D eigenvalue weighted by atomic mass is 9.89. The molecule has 0 saturated heterocycles. The molecular weight excluding hydrogens is 312 g/mol. The number of pyridine rings is 1. The van der Waals surface area contributed by atoms with Crippen LogP contribution in [0.2, 0.25) is 0 Å². The van der Waals surface area contributed by atoms with Crippen LogP contribution in [0.15, 0.2) is 42.6 Å². The topological polar surface area (TPSA) is 70.2 Å². The summed E-state index contributed by atoms with van der Waals surface area (Å²) < 4.78 is 2.12. The Morgan fingerprint density at radius 3 is 2.84 bits per heavy atom. The van der Waals surface area contributed by atoms with Gasteiger partial charge in [0.1, 0.15) is 5.65 Å². The predicted octanol–water partition coefficient (Wildman–Crippen LogP) is 3.26. The number of carbonyl (C=O) groups is 1. The van der Waals surface area contributed by atoms with Crippen LogP contribution < -0.4 is 5.32 Å². The number of hydrogen-bond acceptors (Lipinski definition) is 3. The lowest BCUT2D eigenvalue weighted by molar-refractivity contribution is -0.120. The molecule has 3 aromatic rings. The smallest absolute Gasteiger partial charge is 0.227 e. The Hall–Kier alpha value is -3.13. The third-order valence-corrected chi connectivity index (χ3v) is 4.77. The first-order valence-electron chi connectivity index (χ1n) is 8.41. The van der Waals surface area contributed by atoms with Crippen LogP contribution in [-0.4, -0.2) is 15.3 Å². The van der Waals surface area contributed by atoms with Gasteiger partial charge < -0.3 is 9.72 Å². The largest absolute Gasteiger partial charge is 0.326 e. The number of benzene rings is 1. The highest BCUT2D eigenvalue weighted by atomic mass is 16.1. The second-order valence-corrected chi connectivity index (χ2v) is 6.56. The number of rotatable bonds is 2. The van der Waals surface area contributed by atoms with Gasteiger partial charge in [-0.15, -0.1) is 0 Å². The number of nitrogens with one attached hydrogen (secondary N) is 1. The number of anilines is 1. The van der Waals surface area contributed by atoms with Crippen LogP contribution >= 0.6 is 0 Å². The van der Waals surface area contributed by atoms with Crippen molar-refractivity contribution in [1.82, 2.24) is 9.38 Å². The SMILES string of the molecule is Cc1ccc2nc3c(n2c1)CC(C(=O)Nc1ccc(C#N)cc1)CC3. The van der Waals surface area contributed by atoms with Gasteiger partial charge in [-0.1, -0.05) is 6.07 Å². The molecule has 4 rings (SSSR count). The monoisotopic (exact) mass is 330 g/mol. The maximum Gasteiger partial charge on any atom is 0.227 e. The van der Waals surface area contributed by atoms with Crippen molar-refractivity contribution in [3.8, 4) is 6.07 Å². The molecule has 1 amide bonds. The quantitative estimate of drug-likeness (QED) is 0.784. The maximum absolute atomic E-state index is 12.7. The van der Waals surface area contributed by atoms with Gasteiger partial charge in [-0.3, -0.25) is 4.79 Å². The minimum atomic E-state index is -0.0662. The number of amides is 1. The summed E-state index contributed by atoms with van der Waals surface area (Å²) in [6, 6.07) is 13.1. The van der Waals surface area contributed by atoms with Gasteiger partial charge in [0.05, 0.1) is 17.3 Å². The highest BCUT2D eigenvalue weighted by Gasteiger charge is 2.28. The van der Waals surface area contributed by atoms with E-state index in [1.54, 1.807) is 24.3 Å². The van der Waals surface area contributed by atoms with Gasteiger partial charge in [-0.25, -0.2) is 4.98 Å². The Morgan fingerprint density at radius 1 is 1.28 bits per heavy atom. The summed E-state index contributed by atoms with van der Waals surface area (Å²) in [4.78, 5) is 17.3. The average Bonchev–Trinajstić information content (AvgIpc) is 2.99. The molecule has 1 N–H and O–H groups in total. The molecule has 25 heavy (non-hydrogen) atoms. The van der Waals surface area contributed by atoms with E-state index < -0.39 is 0 Å². The van der Waals surface area contributed by atoms with E-state index in [1.165, 1.54) is 5.56 Å². The molecule has 5 heteroatoms. The van der Waals surface area contributed by atoms with E-state index in [2.05, 4.69) is 35.0 Å². The Morgan fingerprint density at radius 2 is 2.08 bits per heavy atom. The number of nitriles is 1. The first-order chi connectivity index (χ1) is 12.1. The minimum Gasteiger partial charge on any atom is -0.326 e. The summed E-state index contributed by atoms with van der Waals surface area (Å²) in [6.07, 6.45) is 4.41. The Labute approximate surface area is 145 Å². The lowest BCUT2D eigenvalue weighted by Gasteiger charge is -2.21. The summed E-state index contributed by atoms with van der Waals surface area (Å²) in [7, 11) is 0. The van der Waals surface area contributed by atoms with Crippen LogP contribution in [0.1, 0.15) is 28.9 Å². The Balaban J connectivity index is 1.55. The molecule has 1 aliphatic carbocycles. The molecule has 2 aromatic heterocycles. The zero-order chi connectivity index (χ0) is 17.4. The van der Waals surface area contributed by atoms with Crippen molar-refractivity contribution in [3.05, 3.63) is 65.1 Å². The van der Waals surface area contributed by atoms with Gasteiger partial charge in [-0.05, 0) is 55.7 Å². The van der Waals surface area contributed by atoms with Crippen molar-refractivity contribution < 1.29 is 4.79 Å². The second kappa shape index (κ2) is 6.06. The van der Waals surface area contributed by atoms with E-state index in [1.807, 2.05) is 6.07 Å². The van der Waals surface area contributed by atoms with Crippen LogP contribution in [0.25, 0.3) is 5.65 Å². The van der Waals surface area contributed by atoms with E-state index >= 15 is 0 Å². The van der Waals surface area contributed by atoms with Crippen LogP contribution in [0.3, 0.4) is 0 Å². The van der Waals surface area contributed by atoms with Gasteiger partial charge in [-0.2, -0.15) is 5.26 Å². The summed E-state index contributed by atoms with van der Waals surface area (Å²) in [6.45, 7) is 2.06. The molecule has 124 valence electrons. The van der Waals surface area contributed by atoms with E-state index in [4.69, 9.17) is 10.2 Å². The molecular formula is C20H18N4O. The van der Waals surface area contributed by atoms with Crippen molar-refractivity contribution in [1.29, 1.82) is 5.26 Å². The summed E-state index contributed by atoms with van der Waals surface area (Å²) in [5, 5.41) is 11.8. The summed E-state index contributed by atoms with van der Waals surface area (Å²) in [5.41, 5.74) is 5.68. The molecule has 0 spiro atoms. The Bertz CT molecular complexity index is 995. The fourth-order valence-electron chi connectivity index (χ4n) is 3.41. The number of aromatic nitrogens is 2. The lowest BCUT2D eigenvalue weighted by Crippen LogP contribution is -2.28. The van der Waals surface area contributed by atoms with E-state index in [-0.39, 0.29) is 11.8 Å². The number of nitrogens with zero attached hydrogens (tertiary/aromatic N) is 3. The number of hydrogen-bond donors (Lipinski definition) is 1. The van der Waals surface area contributed by atoms with E-state index in [9.17, 15) is 4.79 Å². The van der Waals surface area contributed by atoms with Gasteiger partial charge in [0.25, 0.3) is 0 Å². The molecule has 2 heterocycles. The van der Waals surface area contributed by atoms with Crippen molar-refractivity contribution in [3.63, 3.8) is 0 Å². The van der Waals surface area contributed by atoms with Crippen LogP contribution in [0.4, 0.5) is 5.69 Å². The van der Waals surface area contributed by atoms with Crippen LogP contribution in [0, 0.1) is 24.2 Å². The third-order valence-electron chi connectivity index (χ3n) is 4.77. The standard InChI is InChI=1S/C20H18N4O/c1-13-2-9-19-23-17-8-5-15(10-18(17)24(19)12-13)20(25)22-16-6-3-14(11-21)4-7-16/h2-4,6-7,9,12,15H,5,8,10H2,1H3,(H,22,25). The van der Waals surface area contributed by atoms with Crippen molar-refractivity contribution >= 4 is 17.2 Å². The van der Waals surface area contributed by atoms with Gasteiger partial charge >= 0.3 is 0 Å². The fraction of sp³-hybridized carbons (Fsp3) is 0.250. The van der Waals surface area contributed by atoms with Crippen molar-refractivity contribution in [2.45, 2.75) is 26.2 Å². The van der Waals surface area contributed by atoms with Gasteiger partial charge in [0.15, 0.2) is 0 Å². The zero-order valence-electron chi connectivity index (χ0n) is 14.0. The Kier molecular flexibility index (Phi) is 3.73. The number of aryl methyl sites for hydroxylation is 2. The normalized spacial score (nSPS) is 16.2. The molecule has 1 unspecified atom stereocenters. The molecule has 0 saturated carbocycles. The highest BCUT2D eigenvalue weighted by molar-refractivity contribution is 5.92. The van der Waals surface area contributed by atoms with E-state index in [0.717, 1.165) is 35.6 Å². The van der Waals surface area contributed by atoms with Gasteiger partial charge in [0.2, 0.25) is 5.91 Å². The molecule has 1 atom stereocenters. The van der Waals surface area contributed by atoms with Crippen LogP contribution in [0.5, 0.6) is 0 Å². The third kappa shape index (κ3) is 2.87. The molecule has 1 aromatic carbocycles. The first-order valence-corrected chi connectivity index (χ1v) is 8.41. The predicted molar refractivity (Wildman–Crippen MR) is 95.2 cm³/mol. The molecule has 5 nitrogen and oxygen atoms in total.